The number of carbonyl (C=O) groups excluding carboxylic acids is 2. The van der Waals surface area contributed by atoms with E-state index >= 15 is 0 Å². The molecule has 3 N–H and O–H groups in total. The lowest BCUT2D eigenvalue weighted by Crippen LogP contribution is -2.34. The minimum Gasteiger partial charge on any atom is -0.496 e. The Morgan fingerprint density at radius 2 is 1.77 bits per heavy atom. The third-order valence-corrected chi connectivity index (χ3v) is 4.69. The van der Waals surface area contributed by atoms with E-state index in [0.717, 1.165) is 5.56 Å². The lowest BCUT2D eigenvalue weighted by Gasteiger charge is -2.16. The number of nitrogens with one attached hydrogen (secondary N) is 3. The molecule has 0 unspecified atom stereocenters. The SMILES string of the molecule is COCCNc1nc(-c2cc(C(C)C)ccc2OC)ccc1C(=O)NCCNC(C)=O. The monoisotopic (exact) mass is 428 g/mol. The van der Waals surface area contributed by atoms with Gasteiger partial charge < -0.3 is 25.4 Å². The third kappa shape index (κ3) is 6.96. The highest BCUT2D eigenvalue weighted by molar-refractivity contribution is 5.99. The zero-order valence-corrected chi connectivity index (χ0v) is 18.9. The Bertz CT molecular complexity index is 899. The van der Waals surface area contributed by atoms with Gasteiger partial charge in [-0.15, -0.1) is 0 Å². The minimum atomic E-state index is -0.271. The number of benzene rings is 1. The van der Waals surface area contributed by atoms with Gasteiger partial charge in [0, 0.05) is 39.2 Å². The molecule has 31 heavy (non-hydrogen) atoms. The van der Waals surface area contributed by atoms with Gasteiger partial charge in [0.2, 0.25) is 5.91 Å². The van der Waals surface area contributed by atoms with E-state index in [1.165, 1.54) is 12.5 Å². The van der Waals surface area contributed by atoms with Gasteiger partial charge in [-0.25, -0.2) is 4.98 Å². The first-order chi connectivity index (χ1) is 14.9. The van der Waals surface area contributed by atoms with Crippen LogP contribution in [0.25, 0.3) is 11.3 Å². The molecule has 0 saturated carbocycles. The molecule has 2 aromatic rings. The van der Waals surface area contributed by atoms with Crippen LogP contribution in [0, 0.1) is 0 Å². The third-order valence-electron chi connectivity index (χ3n) is 4.69. The molecule has 8 heteroatoms. The predicted molar refractivity (Wildman–Crippen MR) is 122 cm³/mol. The average Bonchev–Trinajstić information content (AvgIpc) is 2.76. The lowest BCUT2D eigenvalue weighted by atomic mass is 9.98. The number of aromatic nitrogens is 1. The van der Waals surface area contributed by atoms with Crippen LogP contribution in [-0.4, -0.2) is 57.3 Å². The van der Waals surface area contributed by atoms with Crippen LogP contribution in [0.2, 0.25) is 0 Å². The van der Waals surface area contributed by atoms with E-state index < -0.39 is 0 Å². The van der Waals surface area contributed by atoms with Crippen LogP contribution in [0.15, 0.2) is 30.3 Å². The van der Waals surface area contributed by atoms with Crippen LogP contribution in [-0.2, 0) is 9.53 Å². The molecule has 1 heterocycles. The first-order valence-corrected chi connectivity index (χ1v) is 10.3. The summed E-state index contributed by atoms with van der Waals surface area (Å²) >= 11 is 0. The molecule has 2 rings (SSSR count). The van der Waals surface area contributed by atoms with Crippen molar-refractivity contribution in [2.24, 2.45) is 0 Å². The number of hydrogen-bond donors (Lipinski definition) is 3. The van der Waals surface area contributed by atoms with Gasteiger partial charge >= 0.3 is 0 Å². The van der Waals surface area contributed by atoms with E-state index in [0.29, 0.717) is 55.0 Å². The Balaban J connectivity index is 2.35. The number of methoxy groups -OCH3 is 2. The van der Waals surface area contributed by atoms with Gasteiger partial charge in [-0.2, -0.15) is 0 Å². The topological polar surface area (TPSA) is 102 Å². The highest BCUT2D eigenvalue weighted by atomic mass is 16.5. The molecular weight excluding hydrogens is 396 g/mol. The van der Waals surface area contributed by atoms with Gasteiger partial charge in [0.15, 0.2) is 0 Å². The normalized spacial score (nSPS) is 10.6. The second-order valence-corrected chi connectivity index (χ2v) is 7.37. The number of carbonyl (C=O) groups is 2. The second kappa shape index (κ2) is 11.9. The highest BCUT2D eigenvalue weighted by Gasteiger charge is 2.16. The standard InChI is InChI=1S/C23H32N4O4/c1-15(2)17-6-9-21(31-5)19(14-17)20-8-7-18(22(27-20)25-12-13-30-4)23(29)26-11-10-24-16(3)28/h6-9,14-15H,10-13H2,1-5H3,(H,24,28)(H,25,27)(H,26,29). The van der Waals surface area contributed by atoms with E-state index in [2.05, 4.69) is 35.9 Å². The molecule has 0 radical (unpaired) electrons. The van der Waals surface area contributed by atoms with Gasteiger partial charge in [-0.05, 0) is 35.7 Å². The van der Waals surface area contributed by atoms with Crippen molar-refractivity contribution in [1.29, 1.82) is 0 Å². The summed E-state index contributed by atoms with van der Waals surface area (Å²) in [5, 5.41) is 8.63. The Hall–Kier alpha value is -3.13. The van der Waals surface area contributed by atoms with Gasteiger partial charge in [0.05, 0.1) is 25.0 Å². The Labute approximate surface area is 183 Å². The van der Waals surface area contributed by atoms with Gasteiger partial charge in [0.25, 0.3) is 5.91 Å². The maximum Gasteiger partial charge on any atom is 0.255 e. The second-order valence-electron chi connectivity index (χ2n) is 7.37. The first kappa shape index (κ1) is 24.1. The van der Waals surface area contributed by atoms with Crippen LogP contribution in [0.3, 0.4) is 0 Å². The quantitative estimate of drug-likeness (QED) is 0.476. The molecule has 0 aliphatic rings. The van der Waals surface area contributed by atoms with Crippen LogP contribution >= 0.6 is 0 Å². The number of pyridine rings is 1. The molecule has 0 fully saturated rings. The number of anilines is 1. The highest BCUT2D eigenvalue weighted by Crippen LogP contribution is 2.33. The minimum absolute atomic E-state index is 0.139. The zero-order valence-electron chi connectivity index (χ0n) is 18.9. The summed E-state index contributed by atoms with van der Waals surface area (Å²) in [6.07, 6.45) is 0. The smallest absolute Gasteiger partial charge is 0.255 e. The molecule has 1 aromatic heterocycles. The maximum atomic E-state index is 12.7. The van der Waals surface area contributed by atoms with Crippen molar-refractivity contribution in [2.45, 2.75) is 26.7 Å². The molecule has 0 atom stereocenters. The number of hydrogen-bond acceptors (Lipinski definition) is 6. The summed E-state index contributed by atoms with van der Waals surface area (Å²) in [7, 11) is 3.24. The van der Waals surface area contributed by atoms with Crippen molar-refractivity contribution in [2.75, 3.05) is 45.8 Å². The maximum absolute atomic E-state index is 12.7. The summed E-state index contributed by atoms with van der Waals surface area (Å²) in [6.45, 7) is 7.35. The fourth-order valence-electron chi connectivity index (χ4n) is 2.99. The van der Waals surface area contributed by atoms with Crippen molar-refractivity contribution in [3.63, 3.8) is 0 Å². The summed E-state index contributed by atoms with van der Waals surface area (Å²) in [5.41, 5.74) is 3.16. The molecule has 0 aliphatic carbocycles. The van der Waals surface area contributed by atoms with Crippen molar-refractivity contribution < 1.29 is 19.1 Å². The van der Waals surface area contributed by atoms with Crippen LogP contribution < -0.4 is 20.7 Å². The van der Waals surface area contributed by atoms with E-state index in [1.54, 1.807) is 20.3 Å². The average molecular weight is 429 g/mol. The van der Waals surface area contributed by atoms with E-state index in [-0.39, 0.29) is 11.8 Å². The molecule has 0 bridgehead atoms. The van der Waals surface area contributed by atoms with E-state index in [4.69, 9.17) is 14.5 Å². The van der Waals surface area contributed by atoms with Gasteiger partial charge in [0.1, 0.15) is 11.6 Å². The number of rotatable bonds is 11. The molecule has 0 spiro atoms. The molecule has 0 aliphatic heterocycles. The van der Waals surface area contributed by atoms with E-state index in [9.17, 15) is 9.59 Å². The number of nitrogens with zero attached hydrogens (tertiary/aromatic N) is 1. The molecule has 1 aromatic carbocycles. The van der Waals surface area contributed by atoms with Crippen molar-refractivity contribution in [3.8, 4) is 17.0 Å². The predicted octanol–water partition coefficient (Wildman–Crippen LogP) is 2.80. The van der Waals surface area contributed by atoms with Crippen LogP contribution in [0.5, 0.6) is 5.75 Å². The largest absolute Gasteiger partial charge is 0.496 e. The molecule has 2 amide bonds. The molecular formula is C23H32N4O4. The summed E-state index contributed by atoms with van der Waals surface area (Å²) in [6, 6.07) is 9.60. The fraction of sp³-hybridized carbons (Fsp3) is 0.435. The summed E-state index contributed by atoms with van der Waals surface area (Å²) < 4.78 is 10.6. The Kier molecular flexibility index (Phi) is 9.27. The summed E-state index contributed by atoms with van der Waals surface area (Å²) in [5.74, 6) is 1.13. The number of amides is 2. The van der Waals surface area contributed by atoms with E-state index in [1.807, 2.05) is 18.2 Å². The molecule has 168 valence electrons. The lowest BCUT2D eigenvalue weighted by molar-refractivity contribution is -0.118. The van der Waals surface area contributed by atoms with Crippen molar-refractivity contribution >= 4 is 17.6 Å². The van der Waals surface area contributed by atoms with Crippen LogP contribution in [0.1, 0.15) is 42.6 Å². The Morgan fingerprint density at radius 3 is 2.42 bits per heavy atom. The number of ether oxygens (including phenoxy) is 2. The van der Waals surface area contributed by atoms with Gasteiger partial charge in [-0.1, -0.05) is 19.9 Å². The molecule has 0 saturated heterocycles. The fourth-order valence-corrected chi connectivity index (χ4v) is 2.99. The summed E-state index contributed by atoms with van der Waals surface area (Å²) in [4.78, 5) is 28.4. The van der Waals surface area contributed by atoms with Gasteiger partial charge in [-0.3, -0.25) is 9.59 Å². The van der Waals surface area contributed by atoms with Crippen molar-refractivity contribution in [1.82, 2.24) is 15.6 Å². The van der Waals surface area contributed by atoms with Crippen LogP contribution in [0.4, 0.5) is 5.82 Å². The zero-order chi connectivity index (χ0) is 22.8. The molecule has 8 nitrogen and oxygen atoms in total. The Morgan fingerprint density at radius 1 is 1.03 bits per heavy atom. The first-order valence-electron chi connectivity index (χ1n) is 10.3. The van der Waals surface area contributed by atoms with Crippen molar-refractivity contribution in [3.05, 3.63) is 41.5 Å².